The van der Waals surface area contributed by atoms with Crippen LogP contribution in [-0.4, -0.2) is 42.3 Å². The number of fused-ring (bicyclic) bond motifs is 1. The van der Waals surface area contributed by atoms with Gasteiger partial charge in [-0.15, -0.1) is 0 Å². The third-order valence-corrected chi connectivity index (χ3v) is 4.25. The Hall–Kier alpha value is -3.70. The van der Waals surface area contributed by atoms with Crippen LogP contribution in [0.2, 0.25) is 0 Å². The van der Waals surface area contributed by atoms with Gasteiger partial charge in [0.25, 0.3) is 0 Å². The molecule has 0 bridgehead atoms. The van der Waals surface area contributed by atoms with Gasteiger partial charge in [-0.05, 0) is 50.5 Å². The largest absolute Gasteiger partial charge is 0.361 e. The van der Waals surface area contributed by atoms with Gasteiger partial charge in [0.1, 0.15) is 5.82 Å². The molecular formula is C21H20FN5O2. The summed E-state index contributed by atoms with van der Waals surface area (Å²) in [6, 6.07) is 12.8. The SMILES string of the molecule is CN(C)CC(=O)Nc1cccc(NC(=O)C(C#N)c2c[nH]c3cc(F)ccc23)c1. The van der Waals surface area contributed by atoms with Crippen molar-refractivity contribution in [3.63, 3.8) is 0 Å². The number of hydrogen-bond donors (Lipinski definition) is 3. The first-order valence-electron chi connectivity index (χ1n) is 8.89. The minimum atomic E-state index is -1.08. The first-order valence-corrected chi connectivity index (χ1v) is 8.89. The molecule has 29 heavy (non-hydrogen) atoms. The van der Waals surface area contributed by atoms with Gasteiger partial charge in [-0.3, -0.25) is 9.59 Å². The molecule has 8 heteroatoms. The molecule has 148 valence electrons. The van der Waals surface area contributed by atoms with E-state index in [0.717, 1.165) is 0 Å². The number of rotatable bonds is 6. The Bertz CT molecular complexity index is 1100. The molecule has 2 amide bonds. The highest BCUT2D eigenvalue weighted by atomic mass is 19.1. The highest BCUT2D eigenvalue weighted by Gasteiger charge is 2.23. The molecule has 1 unspecified atom stereocenters. The Morgan fingerprint density at radius 3 is 2.59 bits per heavy atom. The van der Waals surface area contributed by atoms with Crippen LogP contribution in [0, 0.1) is 17.1 Å². The maximum absolute atomic E-state index is 13.4. The summed E-state index contributed by atoms with van der Waals surface area (Å²) < 4.78 is 13.4. The summed E-state index contributed by atoms with van der Waals surface area (Å²) in [6.07, 6.45) is 1.54. The molecular weight excluding hydrogens is 373 g/mol. The Balaban J connectivity index is 1.77. The van der Waals surface area contributed by atoms with E-state index >= 15 is 0 Å². The van der Waals surface area contributed by atoms with Crippen molar-refractivity contribution >= 4 is 34.1 Å². The number of nitriles is 1. The smallest absolute Gasteiger partial charge is 0.246 e. The van der Waals surface area contributed by atoms with Crippen LogP contribution in [-0.2, 0) is 9.59 Å². The fourth-order valence-electron chi connectivity index (χ4n) is 3.01. The number of amides is 2. The number of hydrogen-bond acceptors (Lipinski definition) is 4. The van der Waals surface area contributed by atoms with Gasteiger partial charge in [0.2, 0.25) is 11.8 Å². The number of anilines is 2. The second-order valence-electron chi connectivity index (χ2n) is 6.85. The maximum Gasteiger partial charge on any atom is 0.246 e. The number of carbonyl (C=O) groups is 2. The van der Waals surface area contributed by atoms with E-state index in [0.29, 0.717) is 27.8 Å². The van der Waals surface area contributed by atoms with Crippen LogP contribution in [0.1, 0.15) is 11.5 Å². The van der Waals surface area contributed by atoms with E-state index in [4.69, 9.17) is 0 Å². The molecule has 0 saturated carbocycles. The van der Waals surface area contributed by atoms with Gasteiger partial charge < -0.3 is 20.5 Å². The van der Waals surface area contributed by atoms with Crippen LogP contribution in [0.25, 0.3) is 10.9 Å². The zero-order chi connectivity index (χ0) is 21.0. The number of aromatic amines is 1. The lowest BCUT2D eigenvalue weighted by atomic mass is 9.99. The first-order chi connectivity index (χ1) is 13.9. The molecule has 1 atom stereocenters. The Kier molecular flexibility index (Phi) is 5.90. The normalized spacial score (nSPS) is 11.8. The molecule has 2 aromatic carbocycles. The molecule has 1 heterocycles. The highest BCUT2D eigenvalue weighted by molar-refractivity contribution is 6.01. The average molecular weight is 393 g/mol. The minimum Gasteiger partial charge on any atom is -0.361 e. The second kappa shape index (κ2) is 8.54. The van der Waals surface area contributed by atoms with Crippen LogP contribution in [0.5, 0.6) is 0 Å². The lowest BCUT2D eigenvalue weighted by Gasteiger charge is -2.13. The predicted octanol–water partition coefficient (Wildman–Crippen LogP) is 3.05. The molecule has 3 rings (SSSR count). The summed E-state index contributed by atoms with van der Waals surface area (Å²) in [7, 11) is 3.58. The van der Waals surface area contributed by atoms with Gasteiger partial charge in [-0.25, -0.2) is 4.39 Å². The maximum atomic E-state index is 13.4. The number of H-pyrrole nitrogens is 1. The zero-order valence-electron chi connectivity index (χ0n) is 16.0. The molecule has 0 saturated heterocycles. The Morgan fingerprint density at radius 2 is 1.90 bits per heavy atom. The number of halogens is 1. The van der Waals surface area contributed by atoms with E-state index in [2.05, 4.69) is 15.6 Å². The van der Waals surface area contributed by atoms with Gasteiger partial charge in [0.05, 0.1) is 12.6 Å². The molecule has 3 N–H and O–H groups in total. The fourth-order valence-corrected chi connectivity index (χ4v) is 3.01. The third-order valence-electron chi connectivity index (χ3n) is 4.25. The molecule has 1 aromatic heterocycles. The van der Waals surface area contributed by atoms with E-state index in [1.54, 1.807) is 43.3 Å². The first kappa shape index (κ1) is 20.0. The molecule has 0 fully saturated rings. The number of nitrogens with one attached hydrogen (secondary N) is 3. The van der Waals surface area contributed by atoms with Crippen LogP contribution in [0.3, 0.4) is 0 Å². The topological polar surface area (TPSA) is 101 Å². The quantitative estimate of drug-likeness (QED) is 0.599. The van der Waals surface area contributed by atoms with E-state index in [9.17, 15) is 19.2 Å². The van der Waals surface area contributed by atoms with Gasteiger partial charge in [-0.1, -0.05) is 6.07 Å². The van der Waals surface area contributed by atoms with Crippen LogP contribution in [0.4, 0.5) is 15.8 Å². The lowest BCUT2D eigenvalue weighted by molar-refractivity contribution is -0.117. The summed E-state index contributed by atoms with van der Waals surface area (Å²) in [6.45, 7) is 0.230. The fraction of sp³-hybridized carbons (Fsp3) is 0.190. The van der Waals surface area contributed by atoms with Crippen molar-refractivity contribution in [1.82, 2.24) is 9.88 Å². The third kappa shape index (κ3) is 4.78. The summed E-state index contributed by atoms with van der Waals surface area (Å²) in [4.78, 5) is 29.2. The highest BCUT2D eigenvalue weighted by Crippen LogP contribution is 2.27. The molecule has 0 spiro atoms. The Morgan fingerprint density at radius 1 is 1.17 bits per heavy atom. The summed E-state index contributed by atoms with van der Waals surface area (Å²) >= 11 is 0. The van der Waals surface area contributed by atoms with Crippen molar-refractivity contribution in [3.8, 4) is 6.07 Å². The summed E-state index contributed by atoms with van der Waals surface area (Å²) in [5, 5.41) is 15.6. The minimum absolute atomic E-state index is 0.181. The van der Waals surface area contributed by atoms with Crippen LogP contribution in [0.15, 0.2) is 48.7 Å². The second-order valence-corrected chi connectivity index (χ2v) is 6.85. The van der Waals surface area contributed by atoms with Gasteiger partial charge in [-0.2, -0.15) is 5.26 Å². The van der Waals surface area contributed by atoms with Crippen molar-refractivity contribution in [1.29, 1.82) is 5.26 Å². The molecule has 7 nitrogen and oxygen atoms in total. The standard InChI is InChI=1S/C21H20FN5O2/c1-27(2)12-20(28)25-14-4-3-5-15(9-14)26-21(29)17(10-23)18-11-24-19-8-13(22)6-7-16(18)19/h3-9,11,17,24H,12H2,1-2H3,(H,25,28)(H,26,29). The molecule has 0 aliphatic carbocycles. The Labute approximate surface area is 167 Å². The number of aromatic nitrogens is 1. The van der Waals surface area contributed by atoms with Gasteiger partial charge in [0, 0.05) is 34.0 Å². The molecule has 0 aliphatic heterocycles. The van der Waals surface area contributed by atoms with Crippen molar-refractivity contribution in [3.05, 3.63) is 60.0 Å². The molecule has 0 radical (unpaired) electrons. The summed E-state index contributed by atoms with van der Waals surface area (Å²) in [5.74, 6) is -2.19. The van der Waals surface area contributed by atoms with Crippen LogP contribution < -0.4 is 10.6 Å². The van der Waals surface area contributed by atoms with E-state index < -0.39 is 17.6 Å². The van der Waals surface area contributed by atoms with E-state index in [1.807, 2.05) is 6.07 Å². The number of likely N-dealkylation sites (N-methyl/N-ethyl adjacent to an activating group) is 1. The number of carbonyl (C=O) groups excluding carboxylic acids is 2. The lowest BCUT2D eigenvalue weighted by Crippen LogP contribution is -2.27. The number of nitrogens with zero attached hydrogens (tertiary/aromatic N) is 2. The van der Waals surface area contributed by atoms with Crippen LogP contribution >= 0.6 is 0 Å². The van der Waals surface area contributed by atoms with Crippen molar-refractivity contribution in [2.75, 3.05) is 31.3 Å². The molecule has 3 aromatic rings. The van der Waals surface area contributed by atoms with Gasteiger partial charge in [0.15, 0.2) is 5.92 Å². The summed E-state index contributed by atoms with van der Waals surface area (Å²) in [5.41, 5.74) is 1.96. The van der Waals surface area contributed by atoms with Crippen molar-refractivity contribution < 1.29 is 14.0 Å². The average Bonchev–Trinajstić information content (AvgIpc) is 3.04. The monoisotopic (exact) mass is 393 g/mol. The van der Waals surface area contributed by atoms with E-state index in [1.165, 1.54) is 24.4 Å². The molecule has 0 aliphatic rings. The van der Waals surface area contributed by atoms with Crippen molar-refractivity contribution in [2.24, 2.45) is 0 Å². The predicted molar refractivity (Wildman–Crippen MR) is 109 cm³/mol. The number of benzene rings is 2. The van der Waals surface area contributed by atoms with Crippen molar-refractivity contribution in [2.45, 2.75) is 5.92 Å². The van der Waals surface area contributed by atoms with Gasteiger partial charge >= 0.3 is 0 Å². The van der Waals surface area contributed by atoms with E-state index in [-0.39, 0.29) is 12.5 Å². The zero-order valence-corrected chi connectivity index (χ0v) is 16.0.